The highest BCUT2D eigenvalue weighted by molar-refractivity contribution is 6.06. The Labute approximate surface area is 111 Å². The number of benzene rings is 1. The lowest BCUT2D eigenvalue weighted by molar-refractivity contribution is 0.198. The minimum absolute atomic E-state index is 0.0794. The summed E-state index contributed by atoms with van der Waals surface area (Å²) >= 11 is 0. The summed E-state index contributed by atoms with van der Waals surface area (Å²) in [6.45, 7) is 4.49. The van der Waals surface area contributed by atoms with Gasteiger partial charge in [-0.25, -0.2) is 4.79 Å². The van der Waals surface area contributed by atoms with Crippen molar-refractivity contribution in [3.05, 3.63) is 23.8 Å². The van der Waals surface area contributed by atoms with E-state index >= 15 is 0 Å². The van der Waals surface area contributed by atoms with Crippen molar-refractivity contribution in [2.24, 2.45) is 5.92 Å². The van der Waals surface area contributed by atoms with Gasteiger partial charge in [-0.2, -0.15) is 0 Å². The third-order valence-corrected chi connectivity index (χ3v) is 2.96. The van der Waals surface area contributed by atoms with E-state index in [0.29, 0.717) is 12.1 Å². The van der Waals surface area contributed by atoms with Crippen LogP contribution in [0, 0.1) is 11.3 Å². The molecule has 0 bridgehead atoms. The van der Waals surface area contributed by atoms with Gasteiger partial charge in [0.05, 0.1) is 0 Å². The molecule has 6 heteroatoms. The van der Waals surface area contributed by atoms with Gasteiger partial charge in [0.2, 0.25) is 0 Å². The number of rotatable bonds is 3. The molecule has 2 amide bonds. The first-order chi connectivity index (χ1) is 8.90. The number of amidine groups is 1. The van der Waals surface area contributed by atoms with Gasteiger partial charge in [0, 0.05) is 6.54 Å². The Morgan fingerprint density at radius 2 is 2.05 bits per heavy atom. The summed E-state index contributed by atoms with van der Waals surface area (Å²) in [6, 6.07) is 3.48. The maximum Gasteiger partial charge on any atom is 0.323 e. The van der Waals surface area contributed by atoms with Crippen LogP contribution < -0.4 is 5.32 Å². The molecule has 1 saturated heterocycles. The fraction of sp³-hybridized carbons (Fsp3) is 0.385. The zero-order valence-corrected chi connectivity index (χ0v) is 10.8. The van der Waals surface area contributed by atoms with Gasteiger partial charge in [-0.1, -0.05) is 19.9 Å². The summed E-state index contributed by atoms with van der Waals surface area (Å²) in [5.74, 6) is -0.127. The van der Waals surface area contributed by atoms with E-state index in [1.54, 1.807) is 11.0 Å². The number of urea groups is 1. The molecule has 0 aromatic heterocycles. The first-order valence-corrected chi connectivity index (χ1v) is 6.08. The molecule has 1 atom stereocenters. The van der Waals surface area contributed by atoms with E-state index in [0.717, 1.165) is 0 Å². The van der Waals surface area contributed by atoms with Gasteiger partial charge in [-0.3, -0.25) is 10.7 Å². The fourth-order valence-corrected chi connectivity index (χ4v) is 2.17. The molecule has 4 N–H and O–H groups in total. The lowest BCUT2D eigenvalue weighted by atomic mass is 10.0. The van der Waals surface area contributed by atoms with E-state index in [1.807, 2.05) is 13.8 Å². The van der Waals surface area contributed by atoms with Gasteiger partial charge < -0.3 is 15.1 Å². The standard InChI is InChI=1S/C13H17N3O3/c1-7(2)6-16-11(12(14)15-13(16)19)8-3-4-9(17)10(18)5-8/h3-5,7,11,17-18H,6H2,1-2H3,(H2,14,15,19). The monoisotopic (exact) mass is 263 g/mol. The van der Waals surface area contributed by atoms with Crippen molar-refractivity contribution in [2.45, 2.75) is 19.9 Å². The van der Waals surface area contributed by atoms with Crippen LogP contribution in [0.5, 0.6) is 11.5 Å². The van der Waals surface area contributed by atoms with Gasteiger partial charge >= 0.3 is 6.03 Å². The minimum atomic E-state index is -0.540. The highest BCUT2D eigenvalue weighted by atomic mass is 16.3. The Balaban J connectivity index is 2.36. The van der Waals surface area contributed by atoms with E-state index < -0.39 is 6.04 Å². The third-order valence-electron chi connectivity index (χ3n) is 2.96. The maximum atomic E-state index is 11.8. The van der Waals surface area contributed by atoms with E-state index in [2.05, 4.69) is 5.32 Å². The quantitative estimate of drug-likeness (QED) is 0.626. The largest absolute Gasteiger partial charge is 0.504 e. The Hall–Kier alpha value is -2.24. The Morgan fingerprint density at radius 1 is 1.37 bits per heavy atom. The molecule has 0 aliphatic carbocycles. The number of aromatic hydroxyl groups is 2. The van der Waals surface area contributed by atoms with Crippen LogP contribution in [0.25, 0.3) is 0 Å². The van der Waals surface area contributed by atoms with E-state index in [-0.39, 0.29) is 29.3 Å². The molecule has 1 fully saturated rings. The molecule has 2 rings (SSSR count). The number of phenolic OH excluding ortho intramolecular Hbond substituents is 2. The second-order valence-corrected chi connectivity index (χ2v) is 5.04. The van der Waals surface area contributed by atoms with E-state index in [9.17, 15) is 15.0 Å². The summed E-state index contributed by atoms with van der Waals surface area (Å²) in [7, 11) is 0. The molecule has 1 aliphatic heterocycles. The molecular formula is C13H17N3O3. The summed E-state index contributed by atoms with van der Waals surface area (Å²) in [5, 5.41) is 29.2. The number of carbonyl (C=O) groups excluding carboxylic acids is 1. The highest BCUT2D eigenvalue weighted by Crippen LogP contribution is 2.32. The molecule has 1 aromatic carbocycles. The third kappa shape index (κ3) is 2.47. The molecule has 0 saturated carbocycles. The predicted molar refractivity (Wildman–Crippen MR) is 70.3 cm³/mol. The molecular weight excluding hydrogens is 246 g/mol. The van der Waals surface area contributed by atoms with Crippen molar-refractivity contribution in [1.82, 2.24) is 10.2 Å². The van der Waals surface area contributed by atoms with Crippen molar-refractivity contribution >= 4 is 11.9 Å². The molecule has 0 radical (unpaired) electrons. The van der Waals surface area contributed by atoms with Crippen LogP contribution in [0.3, 0.4) is 0 Å². The van der Waals surface area contributed by atoms with Gasteiger partial charge in [0.1, 0.15) is 11.9 Å². The maximum absolute atomic E-state index is 11.8. The average Bonchev–Trinajstić information content (AvgIpc) is 2.57. The molecule has 102 valence electrons. The summed E-state index contributed by atoms with van der Waals surface area (Å²) in [4.78, 5) is 13.4. The van der Waals surface area contributed by atoms with Crippen LogP contribution in [0.2, 0.25) is 0 Å². The van der Waals surface area contributed by atoms with Crippen LogP contribution in [0.4, 0.5) is 4.79 Å². The fourth-order valence-electron chi connectivity index (χ4n) is 2.17. The second kappa shape index (κ2) is 4.79. The van der Waals surface area contributed by atoms with Crippen LogP contribution in [0.1, 0.15) is 25.5 Å². The number of nitrogens with zero attached hydrogens (tertiary/aromatic N) is 1. The van der Waals surface area contributed by atoms with Gasteiger partial charge in [0.25, 0.3) is 0 Å². The first-order valence-electron chi connectivity index (χ1n) is 6.08. The second-order valence-electron chi connectivity index (χ2n) is 5.04. The Kier molecular flexibility index (Phi) is 3.33. The lowest BCUT2D eigenvalue weighted by Gasteiger charge is -2.24. The first kappa shape index (κ1) is 13.2. The molecule has 0 spiro atoms. The summed E-state index contributed by atoms with van der Waals surface area (Å²) < 4.78 is 0. The van der Waals surface area contributed by atoms with Crippen LogP contribution in [-0.4, -0.2) is 33.5 Å². The normalized spacial score (nSPS) is 19.1. The molecule has 19 heavy (non-hydrogen) atoms. The molecule has 1 unspecified atom stereocenters. The predicted octanol–water partition coefficient (Wildman–Crippen LogP) is 1.80. The Bertz CT molecular complexity index is 528. The van der Waals surface area contributed by atoms with Crippen molar-refractivity contribution in [2.75, 3.05) is 6.54 Å². The minimum Gasteiger partial charge on any atom is -0.504 e. The van der Waals surface area contributed by atoms with Crippen LogP contribution >= 0.6 is 0 Å². The number of phenols is 2. The zero-order chi connectivity index (χ0) is 14.2. The van der Waals surface area contributed by atoms with Crippen LogP contribution in [0.15, 0.2) is 18.2 Å². The van der Waals surface area contributed by atoms with Crippen molar-refractivity contribution in [3.8, 4) is 11.5 Å². The number of hydrogen-bond acceptors (Lipinski definition) is 4. The summed E-state index contributed by atoms with van der Waals surface area (Å²) in [6.07, 6.45) is 0. The van der Waals surface area contributed by atoms with Gasteiger partial charge in [-0.05, 0) is 23.6 Å². The van der Waals surface area contributed by atoms with E-state index in [4.69, 9.17) is 5.41 Å². The molecule has 1 aromatic rings. The van der Waals surface area contributed by atoms with Gasteiger partial charge in [-0.15, -0.1) is 0 Å². The zero-order valence-electron chi connectivity index (χ0n) is 10.8. The number of nitrogens with one attached hydrogen (secondary N) is 2. The molecule has 1 aliphatic rings. The topological polar surface area (TPSA) is 96.7 Å². The smallest absolute Gasteiger partial charge is 0.323 e. The van der Waals surface area contributed by atoms with Crippen molar-refractivity contribution in [3.63, 3.8) is 0 Å². The SMILES string of the molecule is CC(C)CN1C(=O)NC(=N)C1c1ccc(O)c(O)c1. The average molecular weight is 263 g/mol. The lowest BCUT2D eigenvalue weighted by Crippen LogP contribution is -2.33. The molecule has 1 heterocycles. The summed E-state index contributed by atoms with van der Waals surface area (Å²) in [5.41, 5.74) is 0.597. The number of hydrogen-bond donors (Lipinski definition) is 4. The number of amides is 2. The Morgan fingerprint density at radius 3 is 2.63 bits per heavy atom. The molecule has 6 nitrogen and oxygen atoms in total. The van der Waals surface area contributed by atoms with E-state index in [1.165, 1.54) is 12.1 Å². The highest BCUT2D eigenvalue weighted by Gasteiger charge is 2.37. The van der Waals surface area contributed by atoms with Crippen LogP contribution in [-0.2, 0) is 0 Å². The van der Waals surface area contributed by atoms with Crippen molar-refractivity contribution < 1.29 is 15.0 Å². The van der Waals surface area contributed by atoms with Crippen molar-refractivity contribution in [1.29, 1.82) is 5.41 Å². The van der Waals surface area contributed by atoms with Gasteiger partial charge in [0.15, 0.2) is 11.5 Å². The number of carbonyl (C=O) groups is 1.